The molecule has 96 valence electrons. The van der Waals surface area contributed by atoms with Crippen molar-refractivity contribution in [1.82, 2.24) is 4.90 Å². The van der Waals surface area contributed by atoms with Gasteiger partial charge in [-0.15, -0.1) is 0 Å². The van der Waals surface area contributed by atoms with Crippen LogP contribution in [0.25, 0.3) is 0 Å². The summed E-state index contributed by atoms with van der Waals surface area (Å²) in [4.78, 5) is 14.5. The van der Waals surface area contributed by atoms with E-state index in [4.69, 9.17) is 4.74 Å². The Labute approximate surface area is 107 Å². The van der Waals surface area contributed by atoms with Gasteiger partial charge >= 0.3 is 0 Å². The summed E-state index contributed by atoms with van der Waals surface area (Å²) in [6.07, 6.45) is 1.95. The number of ether oxygens (including phenoxy) is 1. The lowest BCUT2D eigenvalue weighted by atomic mass is 10.1. The van der Waals surface area contributed by atoms with Gasteiger partial charge < -0.3 is 15.0 Å². The Morgan fingerprint density at radius 3 is 3.06 bits per heavy atom. The van der Waals surface area contributed by atoms with E-state index in [-0.39, 0.29) is 18.2 Å². The average molecular weight is 246 g/mol. The topological polar surface area (TPSA) is 41.6 Å². The molecule has 2 aliphatic rings. The molecule has 0 saturated carbocycles. The van der Waals surface area contributed by atoms with Crippen molar-refractivity contribution in [2.45, 2.75) is 32.0 Å². The maximum Gasteiger partial charge on any atom is 0.256 e. The van der Waals surface area contributed by atoms with E-state index in [1.54, 1.807) is 7.11 Å². The van der Waals surface area contributed by atoms with Gasteiger partial charge in [0.1, 0.15) is 6.23 Å². The van der Waals surface area contributed by atoms with Crippen LogP contribution in [0.15, 0.2) is 18.2 Å². The number of hydrogen-bond acceptors (Lipinski definition) is 3. The van der Waals surface area contributed by atoms with E-state index in [1.165, 1.54) is 0 Å². The summed E-state index contributed by atoms with van der Waals surface area (Å²) in [5.74, 6) is 0.128. The van der Waals surface area contributed by atoms with E-state index in [1.807, 2.05) is 30.0 Å². The number of fused-ring (bicyclic) bond motifs is 2. The summed E-state index contributed by atoms with van der Waals surface area (Å²) in [5.41, 5.74) is 2.75. The maximum absolute atomic E-state index is 12.6. The Morgan fingerprint density at radius 2 is 2.28 bits per heavy atom. The minimum absolute atomic E-state index is 0.111. The van der Waals surface area contributed by atoms with Gasteiger partial charge in [-0.2, -0.15) is 0 Å². The first-order valence-electron chi connectivity index (χ1n) is 6.41. The molecule has 2 atom stereocenters. The van der Waals surface area contributed by atoms with Gasteiger partial charge in [-0.3, -0.25) is 4.79 Å². The van der Waals surface area contributed by atoms with Crippen LogP contribution in [0, 0.1) is 6.92 Å². The zero-order valence-electron chi connectivity index (χ0n) is 10.8. The highest BCUT2D eigenvalue weighted by molar-refractivity contribution is 6.00. The number of carbonyl (C=O) groups is 1. The molecule has 4 heteroatoms. The molecule has 2 heterocycles. The summed E-state index contributed by atoms with van der Waals surface area (Å²) in [5, 5.41) is 3.35. The number of anilines is 1. The quantitative estimate of drug-likeness (QED) is 0.824. The molecular weight excluding hydrogens is 228 g/mol. The summed E-state index contributed by atoms with van der Waals surface area (Å²) in [6.45, 7) is 2.84. The number of hydrogen-bond donors (Lipinski definition) is 1. The lowest BCUT2D eigenvalue weighted by molar-refractivity contribution is 0.0420. The number of carbonyl (C=O) groups excluding carboxylic acids is 1. The lowest BCUT2D eigenvalue weighted by Crippen LogP contribution is -2.44. The van der Waals surface area contributed by atoms with Crippen LogP contribution in [0.3, 0.4) is 0 Å². The van der Waals surface area contributed by atoms with Gasteiger partial charge in [0.15, 0.2) is 0 Å². The van der Waals surface area contributed by atoms with Gasteiger partial charge in [0, 0.05) is 19.3 Å². The molecule has 0 bridgehead atoms. The molecule has 1 saturated heterocycles. The Balaban J connectivity index is 2.07. The van der Waals surface area contributed by atoms with Crippen molar-refractivity contribution in [3.63, 3.8) is 0 Å². The Bertz CT molecular complexity index is 487. The van der Waals surface area contributed by atoms with E-state index in [2.05, 4.69) is 5.32 Å². The number of amides is 1. The van der Waals surface area contributed by atoms with Crippen LogP contribution in [0.1, 0.15) is 28.8 Å². The lowest BCUT2D eigenvalue weighted by Gasteiger charge is -2.28. The minimum atomic E-state index is -0.111. The van der Waals surface area contributed by atoms with Crippen molar-refractivity contribution < 1.29 is 9.53 Å². The fourth-order valence-corrected chi connectivity index (χ4v) is 2.94. The first-order valence-corrected chi connectivity index (χ1v) is 6.41. The fraction of sp³-hybridized carbons (Fsp3) is 0.500. The highest BCUT2D eigenvalue weighted by Gasteiger charge is 2.39. The number of aryl methyl sites for hydroxylation is 1. The second-order valence-corrected chi connectivity index (χ2v) is 5.06. The van der Waals surface area contributed by atoms with Crippen LogP contribution in [0.2, 0.25) is 0 Å². The second kappa shape index (κ2) is 4.28. The molecule has 0 radical (unpaired) electrons. The molecule has 3 rings (SSSR count). The number of methoxy groups -OCH3 is 1. The first kappa shape index (κ1) is 11.5. The number of nitrogens with zero attached hydrogens (tertiary/aromatic N) is 1. The number of benzene rings is 1. The van der Waals surface area contributed by atoms with E-state index in [9.17, 15) is 4.79 Å². The normalized spacial score (nSPS) is 26.3. The fourth-order valence-electron chi connectivity index (χ4n) is 2.94. The molecular formula is C14H18N2O2. The van der Waals surface area contributed by atoms with Crippen LogP contribution in [0.4, 0.5) is 5.69 Å². The van der Waals surface area contributed by atoms with Gasteiger partial charge in [-0.1, -0.05) is 11.6 Å². The zero-order chi connectivity index (χ0) is 12.7. The summed E-state index contributed by atoms with van der Waals surface area (Å²) >= 11 is 0. The Kier molecular flexibility index (Phi) is 2.74. The van der Waals surface area contributed by atoms with E-state index < -0.39 is 0 Å². The molecule has 4 nitrogen and oxygen atoms in total. The Hall–Kier alpha value is -1.55. The summed E-state index contributed by atoms with van der Waals surface area (Å²) < 4.78 is 5.52. The van der Waals surface area contributed by atoms with Crippen molar-refractivity contribution in [2.24, 2.45) is 0 Å². The third kappa shape index (κ3) is 1.68. The molecule has 1 N–H and O–H groups in total. The van der Waals surface area contributed by atoms with E-state index in [0.29, 0.717) is 0 Å². The molecule has 1 aromatic carbocycles. The molecule has 0 spiro atoms. The third-order valence-electron chi connectivity index (χ3n) is 3.87. The van der Waals surface area contributed by atoms with Crippen molar-refractivity contribution in [3.8, 4) is 0 Å². The first-order chi connectivity index (χ1) is 8.70. The van der Waals surface area contributed by atoms with Crippen LogP contribution in [-0.2, 0) is 4.74 Å². The molecule has 0 aliphatic carbocycles. The largest absolute Gasteiger partial charge is 0.360 e. The van der Waals surface area contributed by atoms with Crippen molar-refractivity contribution in [3.05, 3.63) is 29.3 Å². The standard InChI is InChI=1S/C14H18N2O2/c1-9-5-6-11-10(8-9)14(17)16-7-3-4-12(16)13(15-11)18-2/h5-6,8,12-13,15H,3-4,7H2,1-2H3/t12-,13+/m0/s1. The van der Waals surface area contributed by atoms with Crippen LogP contribution < -0.4 is 5.32 Å². The highest BCUT2D eigenvalue weighted by Crippen LogP contribution is 2.31. The van der Waals surface area contributed by atoms with Gasteiger partial charge in [0.25, 0.3) is 5.91 Å². The predicted molar refractivity (Wildman–Crippen MR) is 69.7 cm³/mol. The smallest absolute Gasteiger partial charge is 0.256 e. The summed E-state index contributed by atoms with van der Waals surface area (Å²) in [6, 6.07) is 6.09. The molecule has 0 unspecified atom stereocenters. The molecule has 1 aromatic rings. The molecule has 2 aliphatic heterocycles. The van der Waals surface area contributed by atoms with Crippen LogP contribution >= 0.6 is 0 Å². The van der Waals surface area contributed by atoms with Crippen molar-refractivity contribution in [1.29, 1.82) is 0 Å². The van der Waals surface area contributed by atoms with Crippen LogP contribution in [0.5, 0.6) is 0 Å². The Morgan fingerprint density at radius 1 is 1.44 bits per heavy atom. The third-order valence-corrected chi connectivity index (χ3v) is 3.87. The number of rotatable bonds is 1. The minimum Gasteiger partial charge on any atom is -0.360 e. The van der Waals surface area contributed by atoms with Crippen molar-refractivity contribution >= 4 is 11.6 Å². The zero-order valence-corrected chi connectivity index (χ0v) is 10.8. The monoisotopic (exact) mass is 246 g/mol. The van der Waals surface area contributed by atoms with Crippen molar-refractivity contribution in [2.75, 3.05) is 19.0 Å². The summed E-state index contributed by atoms with van der Waals surface area (Å²) in [7, 11) is 1.69. The second-order valence-electron chi connectivity index (χ2n) is 5.06. The van der Waals surface area contributed by atoms with E-state index >= 15 is 0 Å². The van der Waals surface area contributed by atoms with Gasteiger partial charge in [-0.25, -0.2) is 0 Å². The predicted octanol–water partition coefficient (Wildman–Crippen LogP) is 2.00. The molecule has 1 fully saturated rings. The maximum atomic E-state index is 12.6. The van der Waals surface area contributed by atoms with Gasteiger partial charge in [0.05, 0.1) is 11.6 Å². The van der Waals surface area contributed by atoms with Crippen LogP contribution in [-0.4, -0.2) is 36.7 Å². The van der Waals surface area contributed by atoms with Gasteiger partial charge in [-0.05, 0) is 31.9 Å². The average Bonchev–Trinajstić information content (AvgIpc) is 2.81. The van der Waals surface area contributed by atoms with Gasteiger partial charge in [0.2, 0.25) is 0 Å². The molecule has 18 heavy (non-hydrogen) atoms. The highest BCUT2D eigenvalue weighted by atomic mass is 16.5. The molecule has 1 amide bonds. The van der Waals surface area contributed by atoms with E-state index in [0.717, 1.165) is 36.2 Å². The SMILES string of the molecule is CO[C@H]1Nc2ccc(C)cc2C(=O)N2CCC[C@@H]12. The number of nitrogens with one attached hydrogen (secondary N) is 1. The molecule has 0 aromatic heterocycles.